The number of rotatable bonds is 3. The van der Waals surface area contributed by atoms with E-state index in [9.17, 15) is 4.79 Å². The molecule has 104 valence electrons. The molecule has 0 spiro atoms. The van der Waals surface area contributed by atoms with E-state index >= 15 is 0 Å². The van der Waals surface area contributed by atoms with Gasteiger partial charge in [0.15, 0.2) is 0 Å². The third kappa shape index (κ3) is 3.72. The van der Waals surface area contributed by atoms with Crippen molar-refractivity contribution in [3.63, 3.8) is 0 Å². The van der Waals surface area contributed by atoms with Gasteiger partial charge in [0.2, 0.25) is 0 Å². The maximum absolute atomic E-state index is 11.4. The summed E-state index contributed by atoms with van der Waals surface area (Å²) in [5, 5.41) is 0. The fourth-order valence-corrected chi connectivity index (χ4v) is 3.70. The molecule has 0 bridgehead atoms. The van der Waals surface area contributed by atoms with Gasteiger partial charge in [-0.3, -0.25) is 15.1 Å². The van der Waals surface area contributed by atoms with E-state index in [4.69, 9.17) is 5.84 Å². The predicted octanol–water partition coefficient (Wildman–Crippen LogP) is 1.99. The van der Waals surface area contributed by atoms with Gasteiger partial charge in [0.25, 0.3) is 5.91 Å². The lowest BCUT2D eigenvalue weighted by atomic mass is 10.1. The smallest absolute Gasteiger partial charge is 0.265 e. The SMILES string of the molecule is CC1CSCCN1Cc1ccc(C(=O)NN)cc1Br. The van der Waals surface area contributed by atoms with Gasteiger partial charge < -0.3 is 0 Å². The lowest BCUT2D eigenvalue weighted by molar-refractivity contribution is 0.0953. The van der Waals surface area contributed by atoms with Gasteiger partial charge in [-0.25, -0.2) is 5.84 Å². The second-order valence-electron chi connectivity index (χ2n) is 4.67. The highest BCUT2D eigenvalue weighted by Gasteiger charge is 2.19. The van der Waals surface area contributed by atoms with Crippen LogP contribution < -0.4 is 11.3 Å². The van der Waals surface area contributed by atoms with Crippen LogP contribution in [0.25, 0.3) is 0 Å². The monoisotopic (exact) mass is 343 g/mol. The Morgan fingerprint density at radius 2 is 2.42 bits per heavy atom. The fourth-order valence-electron chi connectivity index (χ4n) is 2.12. The minimum atomic E-state index is -0.269. The zero-order chi connectivity index (χ0) is 13.8. The summed E-state index contributed by atoms with van der Waals surface area (Å²) in [5.74, 6) is 7.24. The molecule has 1 unspecified atom stereocenters. The number of nitrogens with one attached hydrogen (secondary N) is 1. The molecule has 19 heavy (non-hydrogen) atoms. The number of hydrazine groups is 1. The summed E-state index contributed by atoms with van der Waals surface area (Å²) in [6.45, 7) is 4.28. The van der Waals surface area contributed by atoms with Crippen LogP contribution in [0.3, 0.4) is 0 Å². The molecule has 1 aromatic rings. The quantitative estimate of drug-likeness (QED) is 0.500. The van der Waals surface area contributed by atoms with Crippen LogP contribution in [-0.4, -0.2) is 34.9 Å². The van der Waals surface area contributed by atoms with Gasteiger partial charge in [-0.2, -0.15) is 11.8 Å². The van der Waals surface area contributed by atoms with Crippen molar-refractivity contribution >= 4 is 33.6 Å². The Morgan fingerprint density at radius 1 is 1.63 bits per heavy atom. The summed E-state index contributed by atoms with van der Waals surface area (Å²) < 4.78 is 0.957. The van der Waals surface area contributed by atoms with Crippen molar-refractivity contribution in [3.8, 4) is 0 Å². The standard InChI is InChI=1S/C13H18BrN3OS/c1-9-8-19-5-4-17(9)7-11-3-2-10(6-12(11)14)13(18)16-15/h2-3,6,9H,4-5,7-8,15H2,1H3,(H,16,18). The lowest BCUT2D eigenvalue weighted by Crippen LogP contribution is -2.39. The molecular weight excluding hydrogens is 326 g/mol. The number of nitrogens with zero attached hydrogens (tertiary/aromatic N) is 1. The van der Waals surface area contributed by atoms with Crippen LogP contribution in [0.2, 0.25) is 0 Å². The molecular formula is C13H18BrN3OS. The van der Waals surface area contributed by atoms with Crippen molar-refractivity contribution in [2.45, 2.75) is 19.5 Å². The largest absolute Gasteiger partial charge is 0.295 e. The molecule has 0 saturated carbocycles. The van der Waals surface area contributed by atoms with Crippen LogP contribution in [0.5, 0.6) is 0 Å². The van der Waals surface area contributed by atoms with Crippen LogP contribution in [0.15, 0.2) is 22.7 Å². The molecule has 2 rings (SSSR count). The number of hydrogen-bond acceptors (Lipinski definition) is 4. The number of carbonyl (C=O) groups excluding carboxylic acids is 1. The van der Waals surface area contributed by atoms with E-state index in [1.807, 2.05) is 30.0 Å². The Kier molecular flexibility index (Phi) is 5.27. The molecule has 4 nitrogen and oxygen atoms in total. The summed E-state index contributed by atoms with van der Waals surface area (Å²) in [7, 11) is 0. The van der Waals surface area contributed by atoms with E-state index in [2.05, 4.69) is 33.2 Å². The molecule has 1 atom stereocenters. The highest BCUT2D eigenvalue weighted by molar-refractivity contribution is 9.10. The van der Waals surface area contributed by atoms with Crippen LogP contribution in [0, 0.1) is 0 Å². The van der Waals surface area contributed by atoms with Crippen LogP contribution >= 0.6 is 27.7 Å². The Labute approximate surface area is 126 Å². The number of thioether (sulfide) groups is 1. The van der Waals surface area contributed by atoms with Gasteiger partial charge in [-0.1, -0.05) is 22.0 Å². The Bertz CT molecular complexity index is 469. The van der Waals surface area contributed by atoms with Gasteiger partial charge in [-0.15, -0.1) is 0 Å². The minimum absolute atomic E-state index is 0.269. The third-order valence-electron chi connectivity index (χ3n) is 3.33. The first-order valence-corrected chi connectivity index (χ1v) is 8.17. The zero-order valence-electron chi connectivity index (χ0n) is 10.9. The molecule has 1 aliphatic heterocycles. The highest BCUT2D eigenvalue weighted by Crippen LogP contribution is 2.24. The maximum atomic E-state index is 11.4. The number of nitrogen functional groups attached to an aromatic ring is 1. The van der Waals surface area contributed by atoms with E-state index in [1.165, 1.54) is 17.1 Å². The molecule has 1 aliphatic rings. The molecule has 1 fully saturated rings. The van der Waals surface area contributed by atoms with Gasteiger partial charge in [0, 0.05) is 40.7 Å². The van der Waals surface area contributed by atoms with E-state index in [0.717, 1.165) is 17.6 Å². The molecule has 0 radical (unpaired) electrons. The van der Waals surface area contributed by atoms with Gasteiger partial charge in [0.05, 0.1) is 0 Å². The number of nitrogens with two attached hydrogens (primary N) is 1. The molecule has 1 saturated heterocycles. The van der Waals surface area contributed by atoms with Crippen molar-refractivity contribution in [1.29, 1.82) is 0 Å². The van der Waals surface area contributed by atoms with Crippen molar-refractivity contribution in [2.24, 2.45) is 5.84 Å². The summed E-state index contributed by atoms with van der Waals surface area (Å²) >= 11 is 5.55. The van der Waals surface area contributed by atoms with Gasteiger partial charge in [0.1, 0.15) is 0 Å². The highest BCUT2D eigenvalue weighted by atomic mass is 79.9. The summed E-state index contributed by atoms with van der Waals surface area (Å²) in [6.07, 6.45) is 0. The first-order valence-electron chi connectivity index (χ1n) is 6.23. The molecule has 1 amide bonds. The Hall–Kier alpha value is -0.560. The first kappa shape index (κ1) is 14.8. The second kappa shape index (κ2) is 6.74. The Balaban J connectivity index is 2.10. The van der Waals surface area contributed by atoms with Crippen LogP contribution in [0.1, 0.15) is 22.8 Å². The maximum Gasteiger partial charge on any atom is 0.265 e. The average Bonchev–Trinajstić information content (AvgIpc) is 2.42. The fraction of sp³-hybridized carbons (Fsp3) is 0.462. The van der Waals surface area contributed by atoms with Gasteiger partial charge in [-0.05, 0) is 24.6 Å². The van der Waals surface area contributed by atoms with Crippen LogP contribution in [0.4, 0.5) is 0 Å². The predicted molar refractivity (Wildman–Crippen MR) is 83.0 cm³/mol. The van der Waals surface area contributed by atoms with Gasteiger partial charge >= 0.3 is 0 Å². The normalized spacial score (nSPS) is 20.3. The number of amides is 1. The molecule has 1 aromatic carbocycles. The molecule has 6 heteroatoms. The van der Waals surface area contributed by atoms with Crippen molar-refractivity contribution in [1.82, 2.24) is 10.3 Å². The average molecular weight is 344 g/mol. The molecule has 0 aromatic heterocycles. The second-order valence-corrected chi connectivity index (χ2v) is 6.68. The number of hydrogen-bond donors (Lipinski definition) is 2. The van der Waals surface area contributed by atoms with Crippen molar-refractivity contribution in [3.05, 3.63) is 33.8 Å². The zero-order valence-corrected chi connectivity index (χ0v) is 13.3. The van der Waals surface area contributed by atoms with Crippen molar-refractivity contribution < 1.29 is 4.79 Å². The molecule has 0 aliphatic carbocycles. The number of carbonyl (C=O) groups is 1. The molecule has 1 heterocycles. The van der Waals surface area contributed by atoms with E-state index in [1.54, 1.807) is 0 Å². The van der Waals surface area contributed by atoms with E-state index in [0.29, 0.717) is 11.6 Å². The summed E-state index contributed by atoms with van der Waals surface area (Å²) in [4.78, 5) is 13.9. The summed E-state index contributed by atoms with van der Waals surface area (Å²) in [6, 6.07) is 6.22. The summed E-state index contributed by atoms with van der Waals surface area (Å²) in [5.41, 5.74) is 3.91. The number of halogens is 1. The number of benzene rings is 1. The van der Waals surface area contributed by atoms with E-state index < -0.39 is 0 Å². The molecule has 3 N–H and O–H groups in total. The van der Waals surface area contributed by atoms with Crippen molar-refractivity contribution in [2.75, 3.05) is 18.1 Å². The topological polar surface area (TPSA) is 58.4 Å². The first-order chi connectivity index (χ1) is 9.11. The minimum Gasteiger partial charge on any atom is -0.295 e. The Morgan fingerprint density at radius 3 is 3.05 bits per heavy atom. The van der Waals surface area contributed by atoms with Crippen LogP contribution in [-0.2, 0) is 6.54 Å². The third-order valence-corrected chi connectivity index (χ3v) is 5.25. The lowest BCUT2D eigenvalue weighted by Gasteiger charge is -2.33. The van der Waals surface area contributed by atoms with E-state index in [-0.39, 0.29) is 5.91 Å².